The highest BCUT2D eigenvalue weighted by molar-refractivity contribution is 5.77. The number of carboxylic acids is 1. The van der Waals surface area contributed by atoms with Gasteiger partial charge in [-0.3, -0.25) is 4.79 Å². The van der Waals surface area contributed by atoms with Crippen LogP contribution in [0.25, 0.3) is 0 Å². The van der Waals surface area contributed by atoms with Gasteiger partial charge >= 0.3 is 11.8 Å². The predicted octanol–water partition coefficient (Wildman–Crippen LogP) is 0.753. The number of nitrogens with zero attached hydrogens (tertiary/aromatic N) is 3. The summed E-state index contributed by atoms with van der Waals surface area (Å²) in [5.41, 5.74) is 0.221. The number of rotatable bonds is 2. The van der Waals surface area contributed by atoms with E-state index in [9.17, 15) is 14.9 Å². The Bertz CT molecular complexity index is 426. The number of aromatic nitrogens is 2. The van der Waals surface area contributed by atoms with Crippen LogP contribution < -0.4 is 0 Å². The van der Waals surface area contributed by atoms with Crippen LogP contribution in [-0.4, -0.2) is 25.6 Å². The zero-order valence-electron chi connectivity index (χ0n) is 7.79. The summed E-state index contributed by atoms with van der Waals surface area (Å²) in [6.45, 7) is 0.597. The molecule has 1 aromatic heterocycles. The smallest absolute Gasteiger partial charge is 0.385 e. The van der Waals surface area contributed by atoms with Crippen molar-refractivity contribution in [2.24, 2.45) is 0 Å². The van der Waals surface area contributed by atoms with E-state index in [-0.39, 0.29) is 11.5 Å². The first-order valence-corrected chi connectivity index (χ1v) is 4.53. The number of aryl methyl sites for hydroxylation is 1. The van der Waals surface area contributed by atoms with Gasteiger partial charge in [0.05, 0.1) is 0 Å². The highest BCUT2D eigenvalue weighted by atomic mass is 16.6. The number of nitro groups is 1. The molecule has 0 amide bonds. The maximum atomic E-state index is 10.9. The second-order valence-electron chi connectivity index (χ2n) is 3.44. The molecule has 0 bridgehead atoms. The van der Waals surface area contributed by atoms with Crippen LogP contribution in [0, 0.1) is 10.1 Å². The van der Waals surface area contributed by atoms with Crippen LogP contribution in [0.2, 0.25) is 0 Å². The minimum atomic E-state index is -1.03. The first kappa shape index (κ1) is 9.63. The van der Waals surface area contributed by atoms with E-state index in [1.165, 1.54) is 6.33 Å². The van der Waals surface area contributed by atoms with Gasteiger partial charge in [-0.1, -0.05) is 0 Å². The minimum absolute atomic E-state index is 0.221. The van der Waals surface area contributed by atoms with Gasteiger partial charge in [-0.15, -0.1) is 0 Å². The van der Waals surface area contributed by atoms with Gasteiger partial charge in [-0.2, -0.15) is 0 Å². The molecule has 0 spiro atoms. The molecule has 1 atom stereocenters. The standard InChI is InChI=1S/C8H9N3O4/c12-8(13)5-2-1-3-10-4-9-7(6(5)10)11(14)15/h4-5H,1-3H2,(H,12,13). The van der Waals surface area contributed by atoms with Crippen molar-refractivity contribution in [2.45, 2.75) is 25.3 Å². The highest BCUT2D eigenvalue weighted by Gasteiger charge is 2.35. The van der Waals surface area contributed by atoms with E-state index >= 15 is 0 Å². The Kier molecular flexibility index (Phi) is 2.14. The number of imidazole rings is 1. The molecule has 2 heterocycles. The molecule has 0 fully saturated rings. The van der Waals surface area contributed by atoms with Crippen molar-refractivity contribution in [1.29, 1.82) is 0 Å². The Morgan fingerprint density at radius 1 is 1.73 bits per heavy atom. The Balaban J connectivity index is 2.52. The normalized spacial score (nSPS) is 19.6. The quantitative estimate of drug-likeness (QED) is 0.575. The SMILES string of the molecule is O=C(O)C1CCCn2cnc([N+](=O)[O-])c21. The zero-order valence-corrected chi connectivity index (χ0v) is 7.79. The number of fused-ring (bicyclic) bond motifs is 1. The van der Waals surface area contributed by atoms with Crippen molar-refractivity contribution in [1.82, 2.24) is 9.55 Å². The third-order valence-corrected chi connectivity index (χ3v) is 2.55. The van der Waals surface area contributed by atoms with Crippen LogP contribution in [0.4, 0.5) is 5.82 Å². The van der Waals surface area contributed by atoms with Gasteiger partial charge in [0.1, 0.15) is 11.6 Å². The van der Waals surface area contributed by atoms with Gasteiger partial charge < -0.3 is 19.8 Å². The first-order valence-electron chi connectivity index (χ1n) is 4.53. The van der Waals surface area contributed by atoms with E-state index in [2.05, 4.69) is 4.98 Å². The monoisotopic (exact) mass is 211 g/mol. The summed E-state index contributed by atoms with van der Waals surface area (Å²) >= 11 is 0. The largest absolute Gasteiger partial charge is 0.481 e. The number of carboxylic acid groups (broad SMARTS) is 1. The lowest BCUT2D eigenvalue weighted by atomic mass is 9.96. The summed E-state index contributed by atoms with van der Waals surface area (Å²) in [6, 6.07) is 0. The van der Waals surface area contributed by atoms with Crippen LogP contribution in [0.3, 0.4) is 0 Å². The third kappa shape index (κ3) is 1.45. The fourth-order valence-corrected chi connectivity index (χ4v) is 1.90. The lowest BCUT2D eigenvalue weighted by Gasteiger charge is -2.19. The highest BCUT2D eigenvalue weighted by Crippen LogP contribution is 2.33. The van der Waals surface area contributed by atoms with Gasteiger partial charge in [-0.05, 0) is 22.7 Å². The van der Waals surface area contributed by atoms with Crippen molar-refractivity contribution >= 4 is 11.8 Å². The van der Waals surface area contributed by atoms with Crippen LogP contribution >= 0.6 is 0 Å². The van der Waals surface area contributed by atoms with Crippen LogP contribution in [-0.2, 0) is 11.3 Å². The van der Waals surface area contributed by atoms with Gasteiger partial charge in [0.25, 0.3) is 0 Å². The maximum absolute atomic E-state index is 10.9. The molecule has 80 valence electrons. The number of hydrogen-bond donors (Lipinski definition) is 1. The molecule has 2 rings (SSSR count). The summed E-state index contributed by atoms with van der Waals surface area (Å²) in [4.78, 5) is 24.6. The molecule has 15 heavy (non-hydrogen) atoms. The van der Waals surface area contributed by atoms with E-state index < -0.39 is 16.8 Å². The molecular formula is C8H9N3O4. The number of hydrogen-bond acceptors (Lipinski definition) is 4. The van der Waals surface area contributed by atoms with Crippen LogP contribution in [0.15, 0.2) is 6.33 Å². The molecule has 7 heteroatoms. The predicted molar refractivity (Wildman–Crippen MR) is 48.5 cm³/mol. The summed E-state index contributed by atoms with van der Waals surface area (Å²) in [5, 5.41) is 19.6. The number of aliphatic carboxylic acids is 1. The van der Waals surface area contributed by atoms with Gasteiger partial charge in [0.2, 0.25) is 6.33 Å². The molecule has 0 aromatic carbocycles. The van der Waals surface area contributed by atoms with Gasteiger partial charge in [0, 0.05) is 6.54 Å². The first-order chi connectivity index (χ1) is 7.11. The topological polar surface area (TPSA) is 98.3 Å². The van der Waals surface area contributed by atoms with E-state index in [0.717, 1.165) is 0 Å². The van der Waals surface area contributed by atoms with Crippen molar-refractivity contribution in [3.8, 4) is 0 Å². The maximum Gasteiger partial charge on any atom is 0.385 e. The molecule has 1 aliphatic heterocycles. The molecule has 0 saturated heterocycles. The second kappa shape index (κ2) is 3.34. The average molecular weight is 211 g/mol. The lowest BCUT2D eigenvalue weighted by Crippen LogP contribution is -2.22. The molecule has 1 N–H and O–H groups in total. The molecule has 0 radical (unpaired) electrons. The lowest BCUT2D eigenvalue weighted by molar-refractivity contribution is -0.390. The van der Waals surface area contributed by atoms with E-state index in [0.29, 0.717) is 19.4 Å². The Labute approximate surface area is 84.5 Å². The van der Waals surface area contributed by atoms with Gasteiger partial charge in [0.15, 0.2) is 0 Å². The third-order valence-electron chi connectivity index (χ3n) is 2.55. The zero-order chi connectivity index (χ0) is 11.0. The minimum Gasteiger partial charge on any atom is -0.481 e. The van der Waals surface area contributed by atoms with Crippen LogP contribution in [0.5, 0.6) is 0 Å². The van der Waals surface area contributed by atoms with Crippen molar-refractivity contribution in [3.63, 3.8) is 0 Å². The summed E-state index contributed by atoms with van der Waals surface area (Å²) < 4.78 is 1.56. The van der Waals surface area contributed by atoms with E-state index in [1.807, 2.05) is 0 Å². The summed E-state index contributed by atoms with van der Waals surface area (Å²) in [5.74, 6) is -2.16. The average Bonchev–Trinajstić information content (AvgIpc) is 2.60. The Hall–Kier alpha value is -1.92. The Morgan fingerprint density at radius 2 is 2.47 bits per heavy atom. The van der Waals surface area contributed by atoms with Crippen LogP contribution in [0.1, 0.15) is 24.5 Å². The van der Waals surface area contributed by atoms with Crippen molar-refractivity contribution < 1.29 is 14.8 Å². The van der Waals surface area contributed by atoms with E-state index in [1.54, 1.807) is 4.57 Å². The van der Waals surface area contributed by atoms with Gasteiger partial charge in [-0.25, -0.2) is 0 Å². The molecule has 1 aliphatic rings. The van der Waals surface area contributed by atoms with Crippen molar-refractivity contribution in [3.05, 3.63) is 22.1 Å². The molecule has 0 aliphatic carbocycles. The fraction of sp³-hybridized carbons (Fsp3) is 0.500. The fourth-order valence-electron chi connectivity index (χ4n) is 1.90. The molecule has 1 aromatic rings. The molecular weight excluding hydrogens is 202 g/mol. The Morgan fingerprint density at radius 3 is 3.07 bits per heavy atom. The molecule has 7 nitrogen and oxygen atoms in total. The molecule has 1 unspecified atom stereocenters. The molecule has 0 saturated carbocycles. The van der Waals surface area contributed by atoms with Crippen molar-refractivity contribution in [2.75, 3.05) is 0 Å². The van der Waals surface area contributed by atoms with E-state index in [4.69, 9.17) is 5.11 Å². The summed E-state index contributed by atoms with van der Waals surface area (Å²) in [6.07, 6.45) is 2.47. The number of carbonyl (C=O) groups is 1. The summed E-state index contributed by atoms with van der Waals surface area (Å²) in [7, 11) is 0. The second-order valence-corrected chi connectivity index (χ2v) is 3.44.